The smallest absolute Gasteiger partial charge is 0.395 e. The van der Waals surface area contributed by atoms with E-state index in [2.05, 4.69) is 25.7 Å². The minimum Gasteiger partial charge on any atom is -0.395 e. The van der Waals surface area contributed by atoms with Crippen LogP contribution in [0.4, 0.5) is 24.7 Å². The van der Waals surface area contributed by atoms with Crippen LogP contribution in [0.3, 0.4) is 0 Å². The van der Waals surface area contributed by atoms with Crippen molar-refractivity contribution in [2.45, 2.75) is 64.6 Å². The lowest BCUT2D eigenvalue weighted by Gasteiger charge is -2.36. The second-order valence-corrected chi connectivity index (χ2v) is 11.1. The molecular weight excluding hydrogens is 557 g/mol. The lowest BCUT2D eigenvalue weighted by atomic mass is 9.75. The summed E-state index contributed by atoms with van der Waals surface area (Å²) in [5.74, 6) is 0.843. The standard InChI is InChI=1S/C32H35F3N6O2/c1-4-26-17-30(38-18-37-26)41-31(9-20(3)40-41)39-28-10-21(6-5-19(28)2)11-29(43)24-12-22(13-25(14-24)32(33,34)35)23-15-27(16-23)36-7-8-42/h5-6,9-10,12-14,17-18,23,27,36,39,42H,4,7-8,11,15-16H2,1-3H3. The van der Waals surface area contributed by atoms with Gasteiger partial charge < -0.3 is 15.7 Å². The van der Waals surface area contributed by atoms with Gasteiger partial charge in [0, 0.05) is 48.1 Å². The van der Waals surface area contributed by atoms with Crippen LogP contribution in [0.2, 0.25) is 0 Å². The lowest BCUT2D eigenvalue weighted by Crippen LogP contribution is -2.41. The number of nitrogens with one attached hydrogen (secondary N) is 2. The normalized spacial score (nSPS) is 16.6. The summed E-state index contributed by atoms with van der Waals surface area (Å²) in [5.41, 5.74) is 3.77. The first kappa shape index (κ1) is 30.4. The van der Waals surface area contributed by atoms with Crippen LogP contribution < -0.4 is 10.6 Å². The molecule has 2 aromatic carbocycles. The number of carbonyl (C=O) groups is 1. The van der Waals surface area contributed by atoms with Crippen molar-refractivity contribution in [1.29, 1.82) is 0 Å². The van der Waals surface area contributed by atoms with Gasteiger partial charge in [0.15, 0.2) is 11.6 Å². The van der Waals surface area contributed by atoms with E-state index in [4.69, 9.17) is 5.11 Å². The third-order valence-corrected chi connectivity index (χ3v) is 7.81. The average molecular weight is 593 g/mol. The number of carbonyl (C=O) groups excluding carboxylic acids is 1. The summed E-state index contributed by atoms with van der Waals surface area (Å²) < 4.78 is 43.1. The molecule has 0 radical (unpaired) electrons. The van der Waals surface area contributed by atoms with Gasteiger partial charge in [0.05, 0.1) is 17.9 Å². The van der Waals surface area contributed by atoms with Crippen LogP contribution in [-0.2, 0) is 19.0 Å². The third kappa shape index (κ3) is 7.11. The van der Waals surface area contributed by atoms with Crippen molar-refractivity contribution < 1.29 is 23.1 Å². The monoisotopic (exact) mass is 592 g/mol. The third-order valence-electron chi connectivity index (χ3n) is 7.81. The molecule has 0 bridgehead atoms. The number of hydrogen-bond donors (Lipinski definition) is 3. The zero-order valence-corrected chi connectivity index (χ0v) is 24.4. The molecule has 1 aliphatic carbocycles. The van der Waals surface area contributed by atoms with Gasteiger partial charge in [0.25, 0.3) is 0 Å². The molecule has 2 heterocycles. The van der Waals surface area contributed by atoms with Gasteiger partial charge in [-0.3, -0.25) is 4.79 Å². The predicted molar refractivity (Wildman–Crippen MR) is 158 cm³/mol. The Balaban J connectivity index is 1.37. The van der Waals surface area contributed by atoms with Gasteiger partial charge in [-0.15, -0.1) is 0 Å². The van der Waals surface area contributed by atoms with Crippen LogP contribution in [0.15, 0.2) is 54.9 Å². The van der Waals surface area contributed by atoms with Crippen molar-refractivity contribution in [3.8, 4) is 5.82 Å². The second kappa shape index (κ2) is 12.6. The number of aliphatic hydroxyl groups excluding tert-OH is 1. The fourth-order valence-corrected chi connectivity index (χ4v) is 5.33. The van der Waals surface area contributed by atoms with Gasteiger partial charge >= 0.3 is 6.18 Å². The van der Waals surface area contributed by atoms with E-state index in [1.165, 1.54) is 6.33 Å². The van der Waals surface area contributed by atoms with Crippen LogP contribution in [-0.4, -0.2) is 49.8 Å². The Morgan fingerprint density at radius 3 is 2.58 bits per heavy atom. The molecule has 5 rings (SSSR count). The number of aromatic nitrogens is 4. The van der Waals surface area contributed by atoms with Gasteiger partial charge in [-0.05, 0) is 80.0 Å². The summed E-state index contributed by atoms with van der Waals surface area (Å²) in [7, 11) is 0. The molecule has 1 saturated carbocycles. The van der Waals surface area contributed by atoms with Crippen molar-refractivity contribution in [3.63, 3.8) is 0 Å². The van der Waals surface area contributed by atoms with Crippen molar-refractivity contribution in [3.05, 3.63) is 94.1 Å². The average Bonchev–Trinajstić information content (AvgIpc) is 3.33. The minimum absolute atomic E-state index is 0.00461. The maximum Gasteiger partial charge on any atom is 0.416 e. The molecule has 4 aromatic rings. The van der Waals surface area contributed by atoms with Crippen molar-refractivity contribution in [2.24, 2.45) is 0 Å². The van der Waals surface area contributed by atoms with Gasteiger partial charge in [0.2, 0.25) is 0 Å². The van der Waals surface area contributed by atoms with Crippen molar-refractivity contribution >= 4 is 17.3 Å². The van der Waals surface area contributed by atoms with Crippen LogP contribution >= 0.6 is 0 Å². The van der Waals surface area contributed by atoms with Crippen molar-refractivity contribution in [1.82, 2.24) is 25.1 Å². The fraction of sp³-hybridized carbons (Fsp3) is 0.375. The highest BCUT2D eigenvalue weighted by molar-refractivity contribution is 5.98. The van der Waals surface area contributed by atoms with Crippen LogP contribution in [0.5, 0.6) is 0 Å². The maximum atomic E-state index is 13.8. The number of halogens is 3. The number of alkyl halides is 3. The molecule has 1 aliphatic rings. The SMILES string of the molecule is CCc1cc(-n2nc(C)cc2Nc2cc(CC(=O)c3cc(C4CC(NCCO)C4)cc(C(F)(F)F)c3)ccc2C)ncn1. The topological polar surface area (TPSA) is 105 Å². The van der Waals surface area contributed by atoms with E-state index in [0.29, 0.717) is 42.1 Å². The Hall–Kier alpha value is -4.09. The highest BCUT2D eigenvalue weighted by Gasteiger charge is 2.35. The molecule has 2 aromatic heterocycles. The number of ketones is 1. The zero-order valence-electron chi connectivity index (χ0n) is 24.4. The minimum atomic E-state index is -4.56. The summed E-state index contributed by atoms with van der Waals surface area (Å²) in [6.45, 7) is 6.27. The summed E-state index contributed by atoms with van der Waals surface area (Å²) >= 11 is 0. The number of anilines is 2. The van der Waals surface area contributed by atoms with Crippen molar-refractivity contribution in [2.75, 3.05) is 18.5 Å². The second-order valence-electron chi connectivity index (χ2n) is 11.1. The Morgan fingerprint density at radius 2 is 1.86 bits per heavy atom. The molecule has 226 valence electrons. The molecule has 0 unspecified atom stereocenters. The van der Waals surface area contributed by atoms with E-state index in [1.807, 2.05) is 51.1 Å². The number of Topliss-reactive ketones (excluding diaryl/α,β-unsaturated/α-hetero) is 1. The molecule has 0 spiro atoms. The van der Waals surface area contributed by atoms with Gasteiger partial charge in [-0.1, -0.05) is 19.1 Å². The molecule has 43 heavy (non-hydrogen) atoms. The Morgan fingerprint density at radius 1 is 1.07 bits per heavy atom. The van der Waals surface area contributed by atoms with Crippen LogP contribution in [0, 0.1) is 13.8 Å². The summed E-state index contributed by atoms with van der Waals surface area (Å²) in [6.07, 6.45) is -1.04. The molecule has 11 heteroatoms. The molecule has 1 fully saturated rings. The zero-order chi connectivity index (χ0) is 30.7. The van der Waals surface area contributed by atoms with Crippen LogP contribution in [0.25, 0.3) is 5.82 Å². The Bertz CT molecular complexity index is 1610. The molecule has 0 atom stereocenters. The first-order valence-electron chi connectivity index (χ1n) is 14.4. The first-order chi connectivity index (χ1) is 20.5. The highest BCUT2D eigenvalue weighted by Crippen LogP contribution is 2.40. The Kier molecular flexibility index (Phi) is 8.93. The molecule has 8 nitrogen and oxygen atoms in total. The predicted octanol–water partition coefficient (Wildman–Crippen LogP) is 5.86. The first-order valence-corrected chi connectivity index (χ1v) is 14.4. The number of benzene rings is 2. The van der Waals surface area contributed by atoms with E-state index < -0.39 is 11.7 Å². The number of aliphatic hydroxyl groups is 1. The maximum absolute atomic E-state index is 13.8. The summed E-state index contributed by atoms with van der Waals surface area (Å²) in [6, 6.07) is 13.2. The number of nitrogens with zero attached hydrogens (tertiary/aromatic N) is 4. The number of hydrogen-bond acceptors (Lipinski definition) is 7. The number of rotatable bonds is 11. The van der Waals surface area contributed by atoms with E-state index in [0.717, 1.165) is 41.2 Å². The van der Waals surface area contributed by atoms with Gasteiger partial charge in [0.1, 0.15) is 12.1 Å². The van der Waals surface area contributed by atoms with Gasteiger partial charge in [-0.25, -0.2) is 9.97 Å². The number of aryl methyl sites for hydroxylation is 3. The van der Waals surface area contributed by atoms with E-state index in [1.54, 1.807) is 10.7 Å². The summed E-state index contributed by atoms with van der Waals surface area (Å²) in [4.78, 5) is 22.0. The Labute approximate surface area is 248 Å². The molecular formula is C32H35F3N6O2. The molecule has 0 saturated heterocycles. The lowest BCUT2D eigenvalue weighted by molar-refractivity contribution is -0.137. The molecule has 0 aliphatic heterocycles. The molecule has 0 amide bonds. The highest BCUT2D eigenvalue weighted by atomic mass is 19.4. The van der Waals surface area contributed by atoms with Gasteiger partial charge in [-0.2, -0.15) is 23.0 Å². The summed E-state index contributed by atoms with van der Waals surface area (Å²) in [5, 5.41) is 20.2. The van der Waals surface area contributed by atoms with Crippen LogP contribution in [0.1, 0.15) is 69.7 Å². The largest absolute Gasteiger partial charge is 0.416 e. The van der Waals surface area contributed by atoms with E-state index in [-0.39, 0.29) is 36.3 Å². The quantitative estimate of drug-likeness (QED) is 0.188. The fourth-order valence-electron chi connectivity index (χ4n) is 5.33. The van der Waals surface area contributed by atoms with E-state index in [9.17, 15) is 18.0 Å². The molecule has 3 N–H and O–H groups in total. The van der Waals surface area contributed by atoms with E-state index >= 15 is 0 Å².